The first-order valence-corrected chi connectivity index (χ1v) is 10.7. The first-order valence-electron chi connectivity index (χ1n) is 9.90. The van der Waals surface area contributed by atoms with Crippen LogP contribution in [0.1, 0.15) is 17.7 Å². The fourth-order valence-corrected chi connectivity index (χ4v) is 4.70. The maximum Gasteiger partial charge on any atom is 0.228 e. The topological polar surface area (TPSA) is 99.3 Å². The fourth-order valence-electron chi connectivity index (χ4n) is 3.80. The number of aliphatic hydroxyl groups is 2. The summed E-state index contributed by atoms with van der Waals surface area (Å²) in [7, 11) is 0. The van der Waals surface area contributed by atoms with Gasteiger partial charge in [0.25, 0.3) is 0 Å². The van der Waals surface area contributed by atoms with E-state index in [-0.39, 0.29) is 19.3 Å². The summed E-state index contributed by atoms with van der Waals surface area (Å²) in [5, 5.41) is 22.6. The first kappa shape index (κ1) is 19.0. The number of aliphatic hydroxyl groups excluding tert-OH is 2. The van der Waals surface area contributed by atoms with Crippen molar-refractivity contribution in [2.45, 2.75) is 25.5 Å². The van der Waals surface area contributed by atoms with Crippen LogP contribution in [0.15, 0.2) is 48.9 Å². The number of thiophene rings is 1. The van der Waals surface area contributed by atoms with Crippen molar-refractivity contribution in [3.63, 3.8) is 0 Å². The standard InChI is InChI=1S/C21H22N6O2S/c28-11-15-7-4-8-27(15)21-23-17-9-16(12-29)30-19(17)20(25-21)24-18-10-26(13-22-18)14-5-2-1-3-6-14/h1-3,5-6,9-10,13,15,28-29H,4,7-8,11-12H2,(H,23,24,25). The van der Waals surface area contributed by atoms with Crippen LogP contribution >= 0.6 is 11.3 Å². The van der Waals surface area contributed by atoms with E-state index in [2.05, 4.69) is 15.2 Å². The number of aromatic nitrogens is 4. The number of imidazole rings is 1. The Kier molecular flexibility index (Phi) is 5.07. The van der Waals surface area contributed by atoms with Crippen LogP contribution in [0.3, 0.4) is 0 Å². The third-order valence-electron chi connectivity index (χ3n) is 5.29. The van der Waals surface area contributed by atoms with Crippen LogP contribution in [-0.2, 0) is 6.61 Å². The SMILES string of the molecule is OCc1cc2nc(N3CCCC3CO)nc(Nc3cn(-c4ccccc4)cn3)c2s1. The number of hydrogen-bond acceptors (Lipinski definition) is 8. The fraction of sp³-hybridized carbons (Fsp3) is 0.286. The number of nitrogens with one attached hydrogen (secondary N) is 1. The van der Waals surface area contributed by atoms with Gasteiger partial charge in [-0.1, -0.05) is 18.2 Å². The van der Waals surface area contributed by atoms with Gasteiger partial charge in [0, 0.05) is 17.1 Å². The molecule has 154 valence electrons. The Balaban J connectivity index is 1.52. The van der Waals surface area contributed by atoms with E-state index in [1.54, 1.807) is 6.33 Å². The molecule has 4 heterocycles. The van der Waals surface area contributed by atoms with E-state index in [1.165, 1.54) is 11.3 Å². The lowest BCUT2D eigenvalue weighted by atomic mass is 10.2. The van der Waals surface area contributed by atoms with Crippen molar-refractivity contribution in [3.05, 3.63) is 53.8 Å². The zero-order chi connectivity index (χ0) is 20.5. The van der Waals surface area contributed by atoms with Gasteiger partial charge in [0.15, 0.2) is 5.82 Å². The molecule has 1 aliphatic rings. The molecule has 8 nitrogen and oxygen atoms in total. The third kappa shape index (κ3) is 3.51. The highest BCUT2D eigenvalue weighted by Crippen LogP contribution is 2.34. The molecule has 1 atom stereocenters. The Hall–Kier alpha value is -3.01. The molecule has 3 N–H and O–H groups in total. The van der Waals surface area contributed by atoms with E-state index < -0.39 is 0 Å². The molecule has 5 rings (SSSR count). The summed E-state index contributed by atoms with van der Waals surface area (Å²) in [6.07, 6.45) is 5.60. The second-order valence-electron chi connectivity index (χ2n) is 7.26. The van der Waals surface area contributed by atoms with Gasteiger partial charge in [-0.05, 0) is 31.0 Å². The number of hydrogen-bond donors (Lipinski definition) is 3. The van der Waals surface area contributed by atoms with Gasteiger partial charge in [0.05, 0.1) is 35.7 Å². The van der Waals surface area contributed by atoms with E-state index in [9.17, 15) is 10.2 Å². The van der Waals surface area contributed by atoms with Crippen LogP contribution in [-0.4, -0.2) is 48.9 Å². The molecule has 1 saturated heterocycles. The molecular weight excluding hydrogens is 400 g/mol. The highest BCUT2D eigenvalue weighted by molar-refractivity contribution is 7.19. The van der Waals surface area contributed by atoms with Gasteiger partial charge >= 0.3 is 0 Å². The quantitative estimate of drug-likeness (QED) is 0.439. The maximum atomic E-state index is 9.71. The first-order chi connectivity index (χ1) is 14.7. The lowest BCUT2D eigenvalue weighted by Crippen LogP contribution is -2.33. The van der Waals surface area contributed by atoms with Crippen LogP contribution in [0.25, 0.3) is 15.9 Å². The molecule has 1 unspecified atom stereocenters. The van der Waals surface area contributed by atoms with E-state index in [0.29, 0.717) is 17.6 Å². The summed E-state index contributed by atoms with van der Waals surface area (Å²) < 4.78 is 2.81. The van der Waals surface area contributed by atoms with Crippen molar-refractivity contribution in [1.82, 2.24) is 19.5 Å². The Labute approximate surface area is 177 Å². The van der Waals surface area contributed by atoms with Gasteiger partial charge in [0.2, 0.25) is 5.95 Å². The summed E-state index contributed by atoms with van der Waals surface area (Å²) >= 11 is 1.46. The molecule has 1 fully saturated rings. The molecule has 1 aromatic carbocycles. The molecule has 30 heavy (non-hydrogen) atoms. The summed E-state index contributed by atoms with van der Waals surface area (Å²) in [5.74, 6) is 1.91. The van der Waals surface area contributed by atoms with E-state index in [0.717, 1.165) is 40.2 Å². The summed E-state index contributed by atoms with van der Waals surface area (Å²) in [6, 6.07) is 11.9. The number of benzene rings is 1. The number of nitrogens with zero attached hydrogens (tertiary/aromatic N) is 5. The summed E-state index contributed by atoms with van der Waals surface area (Å²) in [6.45, 7) is 0.856. The Morgan fingerprint density at radius 3 is 2.83 bits per heavy atom. The number of fused-ring (bicyclic) bond motifs is 1. The third-order valence-corrected chi connectivity index (χ3v) is 6.41. The minimum absolute atomic E-state index is 0.0311. The van der Waals surface area contributed by atoms with Crippen molar-refractivity contribution < 1.29 is 10.2 Å². The van der Waals surface area contributed by atoms with Crippen molar-refractivity contribution >= 4 is 39.1 Å². The monoisotopic (exact) mass is 422 g/mol. The molecule has 0 aliphatic carbocycles. The zero-order valence-electron chi connectivity index (χ0n) is 16.3. The average molecular weight is 423 g/mol. The maximum absolute atomic E-state index is 9.71. The lowest BCUT2D eigenvalue weighted by Gasteiger charge is -2.23. The smallest absolute Gasteiger partial charge is 0.228 e. The molecule has 0 amide bonds. The zero-order valence-corrected chi connectivity index (χ0v) is 17.1. The molecule has 0 saturated carbocycles. The number of anilines is 3. The second kappa shape index (κ2) is 8.02. The van der Waals surface area contributed by atoms with E-state index >= 15 is 0 Å². The predicted molar refractivity (Wildman–Crippen MR) is 118 cm³/mol. The van der Waals surface area contributed by atoms with Crippen LogP contribution in [0.5, 0.6) is 0 Å². The average Bonchev–Trinajstić information content (AvgIpc) is 3.53. The van der Waals surface area contributed by atoms with Crippen molar-refractivity contribution in [2.75, 3.05) is 23.4 Å². The predicted octanol–water partition coefficient (Wildman–Crippen LogP) is 3.07. The molecule has 0 spiro atoms. The summed E-state index contributed by atoms with van der Waals surface area (Å²) in [5.41, 5.74) is 1.80. The molecule has 0 bridgehead atoms. The molecule has 0 radical (unpaired) electrons. The normalized spacial score (nSPS) is 16.5. The summed E-state index contributed by atoms with van der Waals surface area (Å²) in [4.78, 5) is 16.9. The highest BCUT2D eigenvalue weighted by Gasteiger charge is 2.27. The van der Waals surface area contributed by atoms with E-state index in [1.807, 2.05) is 47.2 Å². The van der Waals surface area contributed by atoms with Crippen LogP contribution in [0, 0.1) is 0 Å². The van der Waals surface area contributed by atoms with Gasteiger partial charge in [0.1, 0.15) is 12.1 Å². The van der Waals surface area contributed by atoms with Crippen molar-refractivity contribution in [3.8, 4) is 5.69 Å². The van der Waals surface area contributed by atoms with Crippen LogP contribution in [0.4, 0.5) is 17.6 Å². The second-order valence-corrected chi connectivity index (χ2v) is 8.39. The van der Waals surface area contributed by atoms with E-state index in [4.69, 9.17) is 9.97 Å². The Bertz CT molecular complexity index is 1160. The van der Waals surface area contributed by atoms with Gasteiger partial charge in [-0.25, -0.2) is 9.97 Å². The minimum atomic E-state index is -0.0403. The van der Waals surface area contributed by atoms with Crippen molar-refractivity contribution in [1.29, 1.82) is 0 Å². The van der Waals surface area contributed by atoms with Crippen LogP contribution in [0.2, 0.25) is 0 Å². The lowest BCUT2D eigenvalue weighted by molar-refractivity contribution is 0.265. The number of para-hydroxylation sites is 1. The minimum Gasteiger partial charge on any atom is -0.394 e. The van der Waals surface area contributed by atoms with Gasteiger partial charge in [-0.15, -0.1) is 11.3 Å². The molecule has 1 aliphatic heterocycles. The largest absolute Gasteiger partial charge is 0.394 e. The van der Waals surface area contributed by atoms with Crippen LogP contribution < -0.4 is 10.2 Å². The van der Waals surface area contributed by atoms with Gasteiger partial charge in [-0.3, -0.25) is 0 Å². The van der Waals surface area contributed by atoms with Crippen molar-refractivity contribution in [2.24, 2.45) is 0 Å². The molecule has 9 heteroatoms. The molecule has 4 aromatic rings. The van der Waals surface area contributed by atoms with Gasteiger partial charge in [-0.2, -0.15) is 4.98 Å². The number of rotatable bonds is 6. The highest BCUT2D eigenvalue weighted by atomic mass is 32.1. The Morgan fingerprint density at radius 1 is 1.17 bits per heavy atom. The molecular formula is C21H22N6O2S. The Morgan fingerprint density at radius 2 is 2.03 bits per heavy atom. The van der Waals surface area contributed by atoms with Gasteiger partial charge < -0.3 is 25.0 Å². The molecule has 3 aromatic heterocycles.